The molecule has 0 radical (unpaired) electrons. The van der Waals surface area contributed by atoms with Crippen LogP contribution in [0.4, 0.5) is 0 Å². The Hall–Kier alpha value is -0.860. The number of benzene rings is 1. The molecule has 0 aliphatic heterocycles. The molecule has 0 aliphatic carbocycles. The molecule has 0 amide bonds. The van der Waals surface area contributed by atoms with Crippen molar-refractivity contribution < 1.29 is 0 Å². The molecular weight excluding hydrogens is 214 g/mol. The standard InChI is InChI=1S/C14H19NS/c1-14(2,8-9-15-3)12-10-16-13-7-5-4-6-11(12)13/h4-7,10,15H,8-9H2,1-3H3. The van der Waals surface area contributed by atoms with E-state index in [1.54, 1.807) is 0 Å². The minimum Gasteiger partial charge on any atom is -0.320 e. The Balaban J connectivity index is 2.38. The first-order valence-electron chi connectivity index (χ1n) is 5.76. The highest BCUT2D eigenvalue weighted by molar-refractivity contribution is 7.17. The van der Waals surface area contributed by atoms with E-state index in [2.05, 4.69) is 48.8 Å². The van der Waals surface area contributed by atoms with E-state index in [-0.39, 0.29) is 5.41 Å². The zero-order valence-corrected chi connectivity index (χ0v) is 11.0. The largest absolute Gasteiger partial charge is 0.320 e. The van der Waals surface area contributed by atoms with E-state index in [9.17, 15) is 0 Å². The topological polar surface area (TPSA) is 12.0 Å². The van der Waals surface area contributed by atoms with Crippen molar-refractivity contribution >= 4 is 21.4 Å². The van der Waals surface area contributed by atoms with Gasteiger partial charge in [0.15, 0.2) is 0 Å². The number of hydrogen-bond acceptors (Lipinski definition) is 2. The Morgan fingerprint density at radius 3 is 2.75 bits per heavy atom. The number of fused-ring (bicyclic) bond motifs is 1. The van der Waals surface area contributed by atoms with Gasteiger partial charge in [-0.05, 0) is 47.8 Å². The molecule has 2 heteroatoms. The molecule has 16 heavy (non-hydrogen) atoms. The highest BCUT2D eigenvalue weighted by Crippen LogP contribution is 2.36. The lowest BCUT2D eigenvalue weighted by molar-refractivity contribution is 0.473. The molecule has 1 nitrogen and oxygen atoms in total. The molecule has 0 spiro atoms. The summed E-state index contributed by atoms with van der Waals surface area (Å²) in [5, 5.41) is 6.98. The van der Waals surface area contributed by atoms with E-state index in [4.69, 9.17) is 0 Å². The van der Waals surface area contributed by atoms with Gasteiger partial charge in [-0.2, -0.15) is 0 Å². The summed E-state index contributed by atoms with van der Waals surface area (Å²) < 4.78 is 1.40. The van der Waals surface area contributed by atoms with Gasteiger partial charge in [-0.25, -0.2) is 0 Å². The van der Waals surface area contributed by atoms with Crippen molar-refractivity contribution in [3.63, 3.8) is 0 Å². The fourth-order valence-corrected chi connectivity index (χ4v) is 3.23. The SMILES string of the molecule is CNCCC(C)(C)c1csc2ccccc12. The van der Waals surface area contributed by atoms with Gasteiger partial charge in [-0.15, -0.1) is 11.3 Å². The second-order valence-electron chi connectivity index (χ2n) is 4.88. The monoisotopic (exact) mass is 233 g/mol. The highest BCUT2D eigenvalue weighted by Gasteiger charge is 2.22. The van der Waals surface area contributed by atoms with Crippen LogP contribution in [0.1, 0.15) is 25.8 Å². The maximum absolute atomic E-state index is 3.24. The Morgan fingerprint density at radius 1 is 1.25 bits per heavy atom. The molecule has 0 saturated carbocycles. The van der Waals surface area contributed by atoms with Crippen molar-refractivity contribution in [1.82, 2.24) is 5.32 Å². The van der Waals surface area contributed by atoms with Gasteiger partial charge in [0.2, 0.25) is 0 Å². The number of thiophene rings is 1. The minimum absolute atomic E-state index is 0.253. The molecule has 0 atom stereocenters. The van der Waals surface area contributed by atoms with Crippen LogP contribution >= 0.6 is 11.3 Å². The van der Waals surface area contributed by atoms with E-state index in [1.165, 1.54) is 22.1 Å². The van der Waals surface area contributed by atoms with Gasteiger partial charge in [0.25, 0.3) is 0 Å². The highest BCUT2D eigenvalue weighted by atomic mass is 32.1. The average molecular weight is 233 g/mol. The fraction of sp³-hybridized carbons (Fsp3) is 0.429. The second-order valence-corrected chi connectivity index (χ2v) is 5.79. The summed E-state index contributed by atoms with van der Waals surface area (Å²) in [7, 11) is 2.02. The molecule has 2 aromatic rings. The zero-order chi connectivity index (χ0) is 11.6. The third-order valence-electron chi connectivity index (χ3n) is 3.21. The molecule has 1 aromatic heterocycles. The van der Waals surface area contributed by atoms with Crippen LogP contribution in [0.25, 0.3) is 10.1 Å². The summed E-state index contributed by atoms with van der Waals surface area (Å²) >= 11 is 1.85. The second kappa shape index (κ2) is 4.56. The van der Waals surface area contributed by atoms with Gasteiger partial charge in [-0.1, -0.05) is 32.0 Å². The van der Waals surface area contributed by atoms with Gasteiger partial charge < -0.3 is 5.32 Å². The van der Waals surface area contributed by atoms with Crippen molar-refractivity contribution in [2.75, 3.05) is 13.6 Å². The van der Waals surface area contributed by atoms with Gasteiger partial charge in [0.05, 0.1) is 0 Å². The predicted octanol–water partition coefficient (Wildman–Crippen LogP) is 3.79. The van der Waals surface area contributed by atoms with Crippen LogP contribution in [0.3, 0.4) is 0 Å². The maximum atomic E-state index is 3.24. The number of hydrogen-bond donors (Lipinski definition) is 1. The normalized spacial score (nSPS) is 12.2. The van der Waals surface area contributed by atoms with Gasteiger partial charge >= 0.3 is 0 Å². The molecular formula is C14H19NS. The van der Waals surface area contributed by atoms with Crippen LogP contribution in [0, 0.1) is 0 Å². The van der Waals surface area contributed by atoms with Crippen molar-refractivity contribution in [3.05, 3.63) is 35.2 Å². The van der Waals surface area contributed by atoms with Gasteiger partial charge in [0.1, 0.15) is 0 Å². The van der Waals surface area contributed by atoms with Crippen molar-refractivity contribution in [3.8, 4) is 0 Å². The van der Waals surface area contributed by atoms with Gasteiger partial charge in [-0.3, -0.25) is 0 Å². The van der Waals surface area contributed by atoms with Crippen LogP contribution in [-0.4, -0.2) is 13.6 Å². The summed E-state index contributed by atoms with van der Waals surface area (Å²) in [6.45, 7) is 5.73. The molecule has 1 N–H and O–H groups in total. The lowest BCUT2D eigenvalue weighted by atomic mass is 9.81. The molecule has 1 heterocycles. The smallest absolute Gasteiger partial charge is 0.0345 e. The predicted molar refractivity (Wildman–Crippen MR) is 73.4 cm³/mol. The van der Waals surface area contributed by atoms with Crippen molar-refractivity contribution in [1.29, 1.82) is 0 Å². The Bertz CT molecular complexity index is 470. The van der Waals surface area contributed by atoms with E-state index in [1.807, 2.05) is 18.4 Å². The zero-order valence-electron chi connectivity index (χ0n) is 10.2. The third kappa shape index (κ3) is 2.13. The fourth-order valence-electron chi connectivity index (χ4n) is 2.07. The van der Waals surface area contributed by atoms with E-state index < -0.39 is 0 Å². The quantitative estimate of drug-likeness (QED) is 0.847. The summed E-state index contributed by atoms with van der Waals surface area (Å²) in [6, 6.07) is 8.69. The van der Waals surface area contributed by atoms with Crippen LogP contribution < -0.4 is 5.32 Å². The number of rotatable bonds is 4. The Morgan fingerprint density at radius 2 is 2.00 bits per heavy atom. The van der Waals surface area contributed by atoms with Crippen molar-refractivity contribution in [2.24, 2.45) is 0 Å². The van der Waals surface area contributed by atoms with E-state index in [0.717, 1.165) is 6.54 Å². The van der Waals surface area contributed by atoms with Crippen LogP contribution in [0.5, 0.6) is 0 Å². The molecule has 2 rings (SSSR count). The Kier molecular flexibility index (Phi) is 3.31. The van der Waals surface area contributed by atoms with Crippen LogP contribution in [0.15, 0.2) is 29.6 Å². The molecule has 86 valence electrons. The molecule has 0 unspecified atom stereocenters. The molecule has 1 aromatic carbocycles. The van der Waals surface area contributed by atoms with Crippen molar-refractivity contribution in [2.45, 2.75) is 25.7 Å². The van der Waals surface area contributed by atoms with Crippen LogP contribution in [-0.2, 0) is 5.41 Å². The Labute approximate surface area is 101 Å². The lowest BCUT2D eigenvalue weighted by Crippen LogP contribution is -2.23. The lowest BCUT2D eigenvalue weighted by Gasteiger charge is -2.24. The van der Waals surface area contributed by atoms with E-state index >= 15 is 0 Å². The van der Waals surface area contributed by atoms with Crippen LogP contribution in [0.2, 0.25) is 0 Å². The average Bonchev–Trinajstić information content (AvgIpc) is 2.71. The number of nitrogens with one attached hydrogen (secondary N) is 1. The van der Waals surface area contributed by atoms with E-state index in [0.29, 0.717) is 0 Å². The third-order valence-corrected chi connectivity index (χ3v) is 4.17. The maximum Gasteiger partial charge on any atom is 0.0345 e. The molecule has 0 fully saturated rings. The minimum atomic E-state index is 0.253. The van der Waals surface area contributed by atoms with Gasteiger partial charge in [0, 0.05) is 4.70 Å². The summed E-state index contributed by atoms with van der Waals surface area (Å²) in [6.07, 6.45) is 1.17. The first kappa shape index (κ1) is 11.6. The molecule has 0 aliphatic rings. The first-order valence-corrected chi connectivity index (χ1v) is 6.64. The summed E-state index contributed by atoms with van der Waals surface area (Å²) in [5.74, 6) is 0. The molecule has 0 bridgehead atoms. The summed E-state index contributed by atoms with van der Waals surface area (Å²) in [4.78, 5) is 0. The summed E-state index contributed by atoms with van der Waals surface area (Å²) in [5.41, 5.74) is 1.74. The first-order chi connectivity index (χ1) is 7.65. The molecule has 0 saturated heterocycles.